The number of rotatable bonds is 1. The van der Waals surface area contributed by atoms with E-state index in [1.807, 2.05) is 37.3 Å². The van der Waals surface area contributed by atoms with Crippen molar-refractivity contribution >= 4 is 37.7 Å². The molecule has 0 aliphatic heterocycles. The lowest BCUT2D eigenvalue weighted by atomic mass is 10.2. The maximum absolute atomic E-state index is 12.6. The molecule has 0 radical (unpaired) electrons. The molecule has 5 nitrogen and oxygen atoms in total. The summed E-state index contributed by atoms with van der Waals surface area (Å²) in [5, 5.41) is 4.65. The van der Waals surface area contributed by atoms with Gasteiger partial charge in [0.1, 0.15) is 0 Å². The molecule has 3 heterocycles. The highest BCUT2D eigenvalue weighted by Crippen LogP contribution is 2.23. The summed E-state index contributed by atoms with van der Waals surface area (Å²) in [4.78, 5) is 21.2. The molecule has 4 rings (SSSR count). The predicted octanol–water partition coefficient (Wildman–Crippen LogP) is 3.33. The number of nitrogens with zero attached hydrogens (tertiary/aromatic N) is 3. The van der Waals surface area contributed by atoms with E-state index in [4.69, 9.17) is 0 Å². The lowest BCUT2D eigenvalue weighted by molar-refractivity contribution is 0.856. The van der Waals surface area contributed by atoms with Crippen molar-refractivity contribution in [3.8, 4) is 5.69 Å². The number of halogens is 1. The van der Waals surface area contributed by atoms with Crippen molar-refractivity contribution in [2.45, 2.75) is 6.92 Å². The summed E-state index contributed by atoms with van der Waals surface area (Å²) in [7, 11) is 0. The van der Waals surface area contributed by atoms with E-state index >= 15 is 0 Å². The van der Waals surface area contributed by atoms with Crippen LogP contribution in [0.25, 0.3) is 27.5 Å². The molecule has 22 heavy (non-hydrogen) atoms. The molecule has 0 aliphatic rings. The van der Waals surface area contributed by atoms with Crippen LogP contribution in [0.4, 0.5) is 0 Å². The van der Waals surface area contributed by atoms with Gasteiger partial charge in [0.25, 0.3) is 5.56 Å². The maximum atomic E-state index is 12.6. The second kappa shape index (κ2) is 4.78. The zero-order valence-electron chi connectivity index (χ0n) is 11.7. The molecule has 0 aliphatic carbocycles. The minimum Gasteiger partial charge on any atom is -0.289 e. The highest BCUT2D eigenvalue weighted by atomic mass is 79.9. The molecule has 1 aromatic carbocycles. The Morgan fingerprint density at radius 3 is 2.73 bits per heavy atom. The highest BCUT2D eigenvalue weighted by Gasteiger charge is 2.12. The number of aryl methyl sites for hydroxylation is 1. The van der Waals surface area contributed by atoms with Crippen molar-refractivity contribution in [2.24, 2.45) is 0 Å². The Kier molecular flexibility index (Phi) is 2.87. The van der Waals surface area contributed by atoms with Crippen LogP contribution in [0.5, 0.6) is 0 Å². The van der Waals surface area contributed by atoms with Crippen molar-refractivity contribution in [1.29, 1.82) is 0 Å². The minimum atomic E-state index is -0.127. The molecule has 4 aromatic rings. The van der Waals surface area contributed by atoms with E-state index < -0.39 is 0 Å². The monoisotopic (exact) mass is 354 g/mol. The van der Waals surface area contributed by atoms with Crippen molar-refractivity contribution in [3.63, 3.8) is 0 Å². The number of aromatic amines is 1. The Bertz CT molecular complexity index is 1060. The second-order valence-electron chi connectivity index (χ2n) is 5.12. The van der Waals surface area contributed by atoms with Crippen LogP contribution in [0.15, 0.2) is 52.0 Å². The summed E-state index contributed by atoms with van der Waals surface area (Å²) in [6.07, 6.45) is 3.29. The quantitative estimate of drug-likeness (QED) is 0.570. The van der Waals surface area contributed by atoms with Crippen molar-refractivity contribution < 1.29 is 0 Å². The molecule has 0 spiro atoms. The zero-order valence-corrected chi connectivity index (χ0v) is 13.3. The summed E-state index contributed by atoms with van der Waals surface area (Å²) in [5.74, 6) is 0. The number of nitrogens with one attached hydrogen (secondary N) is 1. The molecule has 0 fully saturated rings. The summed E-state index contributed by atoms with van der Waals surface area (Å²) in [6, 6.07) is 9.55. The van der Waals surface area contributed by atoms with E-state index in [0.29, 0.717) is 11.1 Å². The van der Waals surface area contributed by atoms with E-state index in [1.54, 1.807) is 12.4 Å². The van der Waals surface area contributed by atoms with E-state index in [-0.39, 0.29) is 5.56 Å². The van der Waals surface area contributed by atoms with Crippen LogP contribution in [-0.2, 0) is 0 Å². The molecule has 3 aromatic heterocycles. The molecule has 0 atom stereocenters. The van der Waals surface area contributed by atoms with Gasteiger partial charge in [-0.15, -0.1) is 0 Å². The van der Waals surface area contributed by atoms with Gasteiger partial charge in [0, 0.05) is 21.7 Å². The molecule has 6 heteroatoms. The van der Waals surface area contributed by atoms with Gasteiger partial charge in [-0.2, -0.15) is 0 Å². The largest absolute Gasteiger partial charge is 0.289 e. The fraction of sp³-hybridized carbons (Fsp3) is 0.0625. The third kappa shape index (κ3) is 1.95. The molecule has 0 unspecified atom stereocenters. The lowest BCUT2D eigenvalue weighted by Crippen LogP contribution is -2.14. The number of fused-ring (bicyclic) bond motifs is 3. The average Bonchev–Trinajstić information content (AvgIpc) is 2.85. The van der Waals surface area contributed by atoms with Gasteiger partial charge in [-0.05, 0) is 37.3 Å². The molecular weight excluding hydrogens is 344 g/mol. The van der Waals surface area contributed by atoms with Crippen LogP contribution in [-0.4, -0.2) is 19.7 Å². The standard InChI is InChI=1S/C16H11BrN4O/c1-9-2-4-11(7-18-9)21-16(22)13-8-19-14-6-10(17)3-5-12(14)15(13)20-21/h2-8,20H,1H3. The maximum Gasteiger partial charge on any atom is 0.280 e. The molecular formula is C16H11BrN4O. The number of hydrogen-bond acceptors (Lipinski definition) is 3. The first-order chi connectivity index (χ1) is 10.6. The molecule has 108 valence electrons. The van der Waals surface area contributed by atoms with Crippen molar-refractivity contribution in [2.75, 3.05) is 0 Å². The zero-order chi connectivity index (χ0) is 15.3. The van der Waals surface area contributed by atoms with Gasteiger partial charge in [0.15, 0.2) is 0 Å². The van der Waals surface area contributed by atoms with Gasteiger partial charge in [0.2, 0.25) is 0 Å². The normalized spacial score (nSPS) is 11.4. The van der Waals surface area contributed by atoms with Gasteiger partial charge >= 0.3 is 0 Å². The average molecular weight is 355 g/mol. The Morgan fingerprint density at radius 2 is 1.95 bits per heavy atom. The summed E-state index contributed by atoms with van der Waals surface area (Å²) in [5.41, 5.74) is 3.10. The van der Waals surface area contributed by atoms with Crippen molar-refractivity contribution in [1.82, 2.24) is 19.7 Å². The Labute approximate surface area is 133 Å². The highest BCUT2D eigenvalue weighted by molar-refractivity contribution is 9.10. The summed E-state index contributed by atoms with van der Waals surface area (Å²) < 4.78 is 2.46. The fourth-order valence-electron chi connectivity index (χ4n) is 2.51. The third-order valence-electron chi connectivity index (χ3n) is 3.64. The van der Waals surface area contributed by atoms with Crippen LogP contribution in [0.2, 0.25) is 0 Å². The number of aromatic nitrogens is 4. The Morgan fingerprint density at radius 1 is 1.09 bits per heavy atom. The van der Waals surface area contributed by atoms with Gasteiger partial charge in [0.05, 0.1) is 28.3 Å². The molecule has 0 saturated carbocycles. The third-order valence-corrected chi connectivity index (χ3v) is 4.14. The first-order valence-corrected chi connectivity index (χ1v) is 7.55. The van der Waals surface area contributed by atoms with Crippen LogP contribution in [0.1, 0.15) is 5.69 Å². The first kappa shape index (κ1) is 13.2. The van der Waals surface area contributed by atoms with Crippen LogP contribution in [0.3, 0.4) is 0 Å². The van der Waals surface area contributed by atoms with E-state index in [9.17, 15) is 4.79 Å². The summed E-state index contributed by atoms with van der Waals surface area (Å²) >= 11 is 3.43. The smallest absolute Gasteiger partial charge is 0.280 e. The van der Waals surface area contributed by atoms with E-state index in [0.717, 1.165) is 26.6 Å². The Balaban J connectivity index is 2.06. The fourth-order valence-corrected chi connectivity index (χ4v) is 2.86. The van der Waals surface area contributed by atoms with Gasteiger partial charge in [-0.3, -0.25) is 19.9 Å². The first-order valence-electron chi connectivity index (χ1n) is 6.75. The minimum absolute atomic E-state index is 0.127. The van der Waals surface area contributed by atoms with Gasteiger partial charge in [-0.25, -0.2) is 4.68 Å². The summed E-state index contributed by atoms with van der Waals surface area (Å²) in [6.45, 7) is 1.91. The van der Waals surface area contributed by atoms with Gasteiger partial charge in [-0.1, -0.05) is 15.9 Å². The number of H-pyrrole nitrogens is 1. The molecule has 0 bridgehead atoms. The van der Waals surface area contributed by atoms with Crippen LogP contribution < -0.4 is 5.56 Å². The second-order valence-corrected chi connectivity index (χ2v) is 6.03. The van der Waals surface area contributed by atoms with E-state index in [2.05, 4.69) is 31.0 Å². The van der Waals surface area contributed by atoms with Crippen molar-refractivity contribution in [3.05, 3.63) is 63.2 Å². The number of hydrogen-bond donors (Lipinski definition) is 1. The Hall–Kier alpha value is -2.47. The number of pyridine rings is 2. The predicted molar refractivity (Wildman–Crippen MR) is 89.4 cm³/mol. The topological polar surface area (TPSA) is 63.6 Å². The molecule has 0 amide bonds. The van der Waals surface area contributed by atoms with E-state index in [1.165, 1.54) is 4.68 Å². The number of benzene rings is 1. The van der Waals surface area contributed by atoms with Crippen LogP contribution in [0, 0.1) is 6.92 Å². The van der Waals surface area contributed by atoms with Crippen LogP contribution >= 0.6 is 15.9 Å². The molecule has 0 saturated heterocycles. The SMILES string of the molecule is Cc1ccc(-n2[nH]c3c(cnc4cc(Br)ccc43)c2=O)cn1. The lowest BCUT2D eigenvalue weighted by Gasteiger charge is -2.01. The van der Waals surface area contributed by atoms with Gasteiger partial charge < -0.3 is 0 Å². The molecule has 1 N–H and O–H groups in total.